The molecule has 1 unspecified atom stereocenters. The number of anilines is 1. The van der Waals surface area contributed by atoms with E-state index < -0.39 is 9.84 Å². The highest BCUT2D eigenvalue weighted by atomic mass is 79.9. The summed E-state index contributed by atoms with van der Waals surface area (Å²) in [4.78, 5) is 16.5. The third kappa shape index (κ3) is 6.60. The Hall–Kier alpha value is -1.61. The monoisotopic (exact) mass is 444 g/mol. The van der Waals surface area contributed by atoms with E-state index in [9.17, 15) is 13.2 Å². The first-order valence-electron chi connectivity index (χ1n) is 8.60. The van der Waals surface area contributed by atoms with Crippen LogP contribution in [0.4, 0.5) is 5.69 Å². The molecule has 1 aromatic rings. The Balaban J connectivity index is 1.85. The number of rotatable bonds is 6. The van der Waals surface area contributed by atoms with Crippen molar-refractivity contribution in [3.8, 4) is 0 Å². The smallest absolute Gasteiger partial charge is 0.226 e. The fraction of sp³-hybridized carbons (Fsp3) is 0.529. The van der Waals surface area contributed by atoms with E-state index in [2.05, 4.69) is 36.9 Å². The zero-order valence-corrected chi connectivity index (χ0v) is 17.4. The number of halogens is 1. The summed E-state index contributed by atoms with van der Waals surface area (Å²) >= 11 is 3.40. The summed E-state index contributed by atoms with van der Waals surface area (Å²) in [5, 5.41) is 9.09. The Morgan fingerprint density at radius 2 is 2.15 bits per heavy atom. The molecule has 1 aliphatic rings. The van der Waals surface area contributed by atoms with Crippen molar-refractivity contribution < 1.29 is 13.2 Å². The van der Waals surface area contributed by atoms with Crippen LogP contribution in [0.15, 0.2) is 27.7 Å². The lowest BCUT2D eigenvalue weighted by Crippen LogP contribution is -2.44. The molecule has 0 saturated carbocycles. The van der Waals surface area contributed by atoms with Crippen molar-refractivity contribution in [2.75, 3.05) is 29.9 Å². The molecule has 1 heterocycles. The predicted octanol–water partition coefficient (Wildman–Crippen LogP) is 1.83. The minimum absolute atomic E-state index is 0.113. The molecule has 1 aromatic carbocycles. The normalized spacial score (nSPS) is 19.2. The molecule has 26 heavy (non-hydrogen) atoms. The van der Waals surface area contributed by atoms with Crippen LogP contribution in [-0.2, 0) is 14.6 Å². The van der Waals surface area contributed by atoms with E-state index in [0.29, 0.717) is 25.5 Å². The molecule has 1 amide bonds. The lowest BCUT2D eigenvalue weighted by atomic mass is 10.2. The van der Waals surface area contributed by atoms with Gasteiger partial charge in [-0.05, 0) is 44.0 Å². The van der Waals surface area contributed by atoms with Crippen LogP contribution in [0.5, 0.6) is 0 Å². The van der Waals surface area contributed by atoms with Gasteiger partial charge in [0.25, 0.3) is 0 Å². The molecule has 3 N–H and O–H groups in total. The number of carbonyl (C=O) groups is 1. The number of benzene rings is 1. The standard InChI is InChI=1S/C17H25BrN4O3S/c1-3-19-17(21-14-7-9-26(24,25)11-14)20-8-6-16(23)22-15-5-4-13(18)10-12(15)2/h4-5,10,14H,3,6-9,11H2,1-2H3,(H,22,23)(H2,19,20,21). The molecule has 0 aliphatic carbocycles. The molecule has 144 valence electrons. The molecule has 7 nitrogen and oxygen atoms in total. The van der Waals surface area contributed by atoms with Crippen molar-refractivity contribution in [3.05, 3.63) is 28.2 Å². The summed E-state index contributed by atoms with van der Waals surface area (Å²) in [6, 6.07) is 5.55. The first-order chi connectivity index (χ1) is 12.3. The summed E-state index contributed by atoms with van der Waals surface area (Å²) < 4.78 is 24.1. The van der Waals surface area contributed by atoms with Crippen LogP contribution < -0.4 is 16.0 Å². The van der Waals surface area contributed by atoms with Gasteiger partial charge >= 0.3 is 0 Å². The summed E-state index contributed by atoms with van der Waals surface area (Å²) in [5.41, 5.74) is 1.76. The number of guanidine groups is 1. The molecular formula is C17H25BrN4O3S. The van der Waals surface area contributed by atoms with Crippen molar-refractivity contribution in [3.63, 3.8) is 0 Å². The van der Waals surface area contributed by atoms with Crippen LogP contribution in [0.25, 0.3) is 0 Å². The number of aryl methyl sites for hydroxylation is 1. The number of aliphatic imine (C=N–C) groups is 1. The van der Waals surface area contributed by atoms with Gasteiger partial charge in [-0.25, -0.2) is 8.42 Å². The van der Waals surface area contributed by atoms with Gasteiger partial charge in [-0.15, -0.1) is 0 Å². The second-order valence-electron chi connectivity index (χ2n) is 6.26. The van der Waals surface area contributed by atoms with Crippen LogP contribution in [0.3, 0.4) is 0 Å². The molecule has 1 saturated heterocycles. The van der Waals surface area contributed by atoms with E-state index in [1.165, 1.54) is 0 Å². The molecule has 1 aliphatic heterocycles. The third-order valence-corrected chi connectivity index (χ3v) is 6.25. The Morgan fingerprint density at radius 1 is 1.38 bits per heavy atom. The average molecular weight is 445 g/mol. The molecule has 0 radical (unpaired) electrons. The number of amides is 1. The van der Waals surface area contributed by atoms with Crippen molar-refractivity contribution in [2.45, 2.75) is 32.7 Å². The summed E-state index contributed by atoms with van der Waals surface area (Å²) in [7, 11) is -2.94. The lowest BCUT2D eigenvalue weighted by molar-refractivity contribution is -0.116. The summed E-state index contributed by atoms with van der Waals surface area (Å²) in [6.45, 7) is 4.85. The molecule has 2 rings (SSSR count). The highest BCUT2D eigenvalue weighted by Gasteiger charge is 2.28. The lowest BCUT2D eigenvalue weighted by Gasteiger charge is -2.15. The fourth-order valence-corrected chi connectivity index (χ4v) is 4.82. The van der Waals surface area contributed by atoms with Crippen molar-refractivity contribution in [2.24, 2.45) is 4.99 Å². The van der Waals surface area contributed by atoms with Gasteiger partial charge in [-0.1, -0.05) is 15.9 Å². The van der Waals surface area contributed by atoms with Gasteiger partial charge < -0.3 is 16.0 Å². The maximum atomic E-state index is 12.1. The Kier molecular flexibility index (Phi) is 7.45. The number of carbonyl (C=O) groups excluding carboxylic acids is 1. The number of hydrogen-bond donors (Lipinski definition) is 3. The molecule has 9 heteroatoms. The first-order valence-corrected chi connectivity index (χ1v) is 11.2. The molecule has 0 aromatic heterocycles. The minimum atomic E-state index is -2.94. The van der Waals surface area contributed by atoms with Gasteiger partial charge in [-0.2, -0.15) is 0 Å². The molecular weight excluding hydrogens is 420 g/mol. The minimum Gasteiger partial charge on any atom is -0.357 e. The Labute approximate surface area is 163 Å². The van der Waals surface area contributed by atoms with Gasteiger partial charge in [-0.3, -0.25) is 9.79 Å². The number of hydrogen-bond acceptors (Lipinski definition) is 4. The van der Waals surface area contributed by atoms with Gasteiger partial charge in [0.15, 0.2) is 15.8 Å². The van der Waals surface area contributed by atoms with Crippen LogP contribution in [0, 0.1) is 6.92 Å². The second-order valence-corrected chi connectivity index (χ2v) is 9.41. The van der Waals surface area contributed by atoms with E-state index in [1.807, 2.05) is 32.0 Å². The zero-order chi connectivity index (χ0) is 19.2. The molecule has 0 bridgehead atoms. The predicted molar refractivity (Wildman–Crippen MR) is 108 cm³/mol. The topological polar surface area (TPSA) is 99.7 Å². The molecule has 1 fully saturated rings. The van der Waals surface area contributed by atoms with Crippen molar-refractivity contribution >= 4 is 43.3 Å². The quantitative estimate of drug-likeness (QED) is 0.458. The average Bonchev–Trinajstić information content (AvgIpc) is 2.89. The first kappa shape index (κ1) is 20.7. The number of nitrogens with zero attached hydrogens (tertiary/aromatic N) is 1. The van der Waals surface area contributed by atoms with Crippen LogP contribution in [0.1, 0.15) is 25.3 Å². The van der Waals surface area contributed by atoms with E-state index in [-0.39, 0.29) is 29.9 Å². The van der Waals surface area contributed by atoms with Gasteiger partial charge in [0.2, 0.25) is 5.91 Å². The highest BCUT2D eigenvalue weighted by molar-refractivity contribution is 9.10. The van der Waals surface area contributed by atoms with Crippen molar-refractivity contribution in [1.29, 1.82) is 0 Å². The Bertz CT molecular complexity index is 780. The van der Waals surface area contributed by atoms with E-state index >= 15 is 0 Å². The van der Waals surface area contributed by atoms with Gasteiger partial charge in [0.1, 0.15) is 0 Å². The maximum absolute atomic E-state index is 12.1. The van der Waals surface area contributed by atoms with Crippen molar-refractivity contribution in [1.82, 2.24) is 10.6 Å². The van der Waals surface area contributed by atoms with E-state index in [4.69, 9.17) is 0 Å². The fourth-order valence-electron chi connectivity index (χ4n) is 2.67. The SMILES string of the molecule is CCNC(=NCCC(=O)Nc1ccc(Br)cc1C)NC1CCS(=O)(=O)C1. The second kappa shape index (κ2) is 9.36. The van der Waals surface area contributed by atoms with Gasteiger partial charge in [0, 0.05) is 29.2 Å². The zero-order valence-electron chi connectivity index (χ0n) is 15.0. The largest absolute Gasteiger partial charge is 0.357 e. The van der Waals surface area contributed by atoms with E-state index in [0.717, 1.165) is 15.7 Å². The van der Waals surface area contributed by atoms with Gasteiger partial charge in [0.05, 0.1) is 18.1 Å². The molecule has 1 atom stereocenters. The highest BCUT2D eigenvalue weighted by Crippen LogP contribution is 2.20. The third-order valence-electron chi connectivity index (χ3n) is 3.99. The maximum Gasteiger partial charge on any atom is 0.226 e. The number of sulfone groups is 1. The summed E-state index contributed by atoms with van der Waals surface area (Å²) in [6.07, 6.45) is 0.825. The number of nitrogens with one attached hydrogen (secondary N) is 3. The summed E-state index contributed by atoms with van der Waals surface area (Å²) in [5.74, 6) is 0.764. The van der Waals surface area contributed by atoms with Crippen LogP contribution in [-0.4, -0.2) is 50.9 Å². The van der Waals surface area contributed by atoms with Crippen LogP contribution >= 0.6 is 15.9 Å². The Morgan fingerprint density at radius 3 is 2.77 bits per heavy atom. The molecule has 0 spiro atoms. The van der Waals surface area contributed by atoms with Crippen LogP contribution in [0.2, 0.25) is 0 Å². The van der Waals surface area contributed by atoms with E-state index in [1.54, 1.807) is 0 Å².